The van der Waals surface area contributed by atoms with Crippen LogP contribution < -0.4 is 10.6 Å². The van der Waals surface area contributed by atoms with Crippen LogP contribution in [0.15, 0.2) is 42.5 Å². The van der Waals surface area contributed by atoms with Gasteiger partial charge in [0.05, 0.1) is 12.1 Å². The van der Waals surface area contributed by atoms with Gasteiger partial charge in [0.25, 0.3) is 11.8 Å². The number of aryl methyl sites for hydroxylation is 1. The summed E-state index contributed by atoms with van der Waals surface area (Å²) in [5.74, 6) is -1.82. The number of hydrogen-bond donors (Lipinski definition) is 2. The number of nitrogens with one attached hydrogen (secondary N) is 2. The lowest BCUT2D eigenvalue weighted by Gasteiger charge is -2.20. The summed E-state index contributed by atoms with van der Waals surface area (Å²) in [7, 11) is 1.50. The fourth-order valence-corrected chi connectivity index (χ4v) is 2.49. The first-order chi connectivity index (χ1) is 12.9. The maximum Gasteiger partial charge on any atom is 0.258 e. The predicted molar refractivity (Wildman–Crippen MR) is 101 cm³/mol. The number of nitrogens with zero attached hydrogens (tertiary/aromatic N) is 1. The van der Waals surface area contributed by atoms with E-state index in [9.17, 15) is 18.8 Å². The summed E-state index contributed by atoms with van der Waals surface area (Å²) in [6.45, 7) is 3.84. The molecule has 6 nitrogen and oxygen atoms in total. The average molecular weight is 371 g/mol. The van der Waals surface area contributed by atoms with Crippen molar-refractivity contribution in [2.75, 3.05) is 25.5 Å². The Balaban J connectivity index is 2.25. The third-order valence-corrected chi connectivity index (χ3v) is 4.13. The number of carbonyl (C=O) groups excluding carboxylic acids is 3. The zero-order valence-corrected chi connectivity index (χ0v) is 15.5. The fraction of sp³-hybridized carbons (Fsp3) is 0.250. The highest BCUT2D eigenvalue weighted by atomic mass is 19.1. The zero-order chi connectivity index (χ0) is 20.0. The third-order valence-electron chi connectivity index (χ3n) is 4.13. The van der Waals surface area contributed by atoms with E-state index in [1.54, 1.807) is 32.0 Å². The van der Waals surface area contributed by atoms with E-state index in [4.69, 9.17) is 0 Å². The number of anilines is 1. The molecule has 0 bridgehead atoms. The average Bonchev–Trinajstić information content (AvgIpc) is 2.67. The van der Waals surface area contributed by atoms with Crippen molar-refractivity contribution < 1.29 is 18.8 Å². The monoisotopic (exact) mass is 371 g/mol. The summed E-state index contributed by atoms with van der Waals surface area (Å²) in [5, 5.41) is 5.12. The predicted octanol–water partition coefficient (Wildman–Crippen LogP) is 2.59. The van der Waals surface area contributed by atoms with Gasteiger partial charge in [-0.15, -0.1) is 0 Å². The van der Waals surface area contributed by atoms with Crippen LogP contribution in [0.1, 0.15) is 33.2 Å². The van der Waals surface area contributed by atoms with E-state index in [1.807, 2.05) is 0 Å². The zero-order valence-electron chi connectivity index (χ0n) is 15.5. The fourth-order valence-electron chi connectivity index (χ4n) is 2.49. The van der Waals surface area contributed by atoms with Crippen LogP contribution in [0.2, 0.25) is 0 Å². The molecule has 27 heavy (non-hydrogen) atoms. The molecule has 2 rings (SSSR count). The standard InChI is InChI=1S/C20H22FN3O3/c1-4-24(12-18(25)22-3)20(27)14-10-9-13(2)17(11-14)23-19(26)15-7-5-6-8-16(15)21/h5-11H,4,12H2,1-3H3,(H,22,25)(H,23,26). The van der Waals surface area contributed by atoms with Crippen molar-refractivity contribution in [3.8, 4) is 0 Å². The highest BCUT2D eigenvalue weighted by Crippen LogP contribution is 2.20. The Morgan fingerprint density at radius 1 is 1.11 bits per heavy atom. The lowest BCUT2D eigenvalue weighted by atomic mass is 10.1. The van der Waals surface area contributed by atoms with Gasteiger partial charge in [0.15, 0.2) is 0 Å². The lowest BCUT2D eigenvalue weighted by Crippen LogP contribution is -2.39. The molecule has 0 unspecified atom stereocenters. The molecule has 0 aliphatic heterocycles. The lowest BCUT2D eigenvalue weighted by molar-refractivity contribution is -0.121. The van der Waals surface area contributed by atoms with Crippen LogP contribution in [-0.4, -0.2) is 42.8 Å². The minimum Gasteiger partial charge on any atom is -0.358 e. The topological polar surface area (TPSA) is 78.5 Å². The van der Waals surface area contributed by atoms with E-state index in [0.717, 1.165) is 5.56 Å². The normalized spacial score (nSPS) is 10.2. The molecule has 0 atom stereocenters. The Morgan fingerprint density at radius 3 is 2.44 bits per heavy atom. The Morgan fingerprint density at radius 2 is 1.81 bits per heavy atom. The summed E-state index contributed by atoms with van der Waals surface area (Å²) >= 11 is 0. The number of rotatable bonds is 6. The molecule has 0 radical (unpaired) electrons. The first kappa shape index (κ1) is 20.1. The van der Waals surface area contributed by atoms with Gasteiger partial charge in [-0.05, 0) is 43.7 Å². The van der Waals surface area contributed by atoms with Crippen molar-refractivity contribution in [3.63, 3.8) is 0 Å². The molecule has 0 saturated heterocycles. The number of halogens is 1. The van der Waals surface area contributed by atoms with Gasteiger partial charge >= 0.3 is 0 Å². The maximum atomic E-state index is 13.8. The van der Waals surface area contributed by atoms with E-state index in [0.29, 0.717) is 17.8 Å². The van der Waals surface area contributed by atoms with Crippen LogP contribution in [0.25, 0.3) is 0 Å². The third kappa shape index (κ3) is 4.91. The number of carbonyl (C=O) groups is 3. The number of benzene rings is 2. The van der Waals surface area contributed by atoms with Crippen LogP contribution in [-0.2, 0) is 4.79 Å². The SMILES string of the molecule is CCN(CC(=O)NC)C(=O)c1ccc(C)c(NC(=O)c2ccccc2F)c1. The van der Waals surface area contributed by atoms with Crippen molar-refractivity contribution in [3.05, 3.63) is 65.0 Å². The van der Waals surface area contributed by atoms with E-state index in [2.05, 4.69) is 10.6 Å². The molecule has 0 saturated carbocycles. The van der Waals surface area contributed by atoms with Gasteiger partial charge in [0.2, 0.25) is 5.91 Å². The highest BCUT2D eigenvalue weighted by molar-refractivity contribution is 6.06. The van der Waals surface area contributed by atoms with Gasteiger partial charge in [-0.1, -0.05) is 18.2 Å². The number of amides is 3. The molecule has 2 aromatic rings. The van der Waals surface area contributed by atoms with Crippen molar-refractivity contribution in [2.24, 2.45) is 0 Å². The summed E-state index contributed by atoms with van der Waals surface area (Å²) in [4.78, 5) is 38.0. The van der Waals surface area contributed by atoms with Crippen molar-refractivity contribution in [1.82, 2.24) is 10.2 Å². The maximum absolute atomic E-state index is 13.8. The van der Waals surface area contributed by atoms with Crippen LogP contribution in [0, 0.1) is 12.7 Å². The highest BCUT2D eigenvalue weighted by Gasteiger charge is 2.19. The molecule has 0 aromatic heterocycles. The van der Waals surface area contributed by atoms with Crippen molar-refractivity contribution in [1.29, 1.82) is 0 Å². The van der Waals surface area contributed by atoms with E-state index in [-0.39, 0.29) is 23.9 Å². The molecule has 7 heteroatoms. The van der Waals surface area contributed by atoms with Crippen LogP contribution >= 0.6 is 0 Å². The minimum absolute atomic E-state index is 0.0589. The molecule has 2 aromatic carbocycles. The van der Waals surface area contributed by atoms with Gasteiger partial charge in [-0.25, -0.2) is 4.39 Å². The van der Waals surface area contributed by atoms with Crippen LogP contribution in [0.3, 0.4) is 0 Å². The van der Waals surface area contributed by atoms with Gasteiger partial charge in [0.1, 0.15) is 5.82 Å². The van der Waals surface area contributed by atoms with Crippen molar-refractivity contribution in [2.45, 2.75) is 13.8 Å². The summed E-state index contributed by atoms with van der Waals surface area (Å²) in [5.41, 5.74) is 1.38. The summed E-state index contributed by atoms with van der Waals surface area (Å²) < 4.78 is 13.8. The Kier molecular flexibility index (Phi) is 6.65. The number of hydrogen-bond acceptors (Lipinski definition) is 3. The molecule has 0 fully saturated rings. The molecule has 0 spiro atoms. The number of likely N-dealkylation sites (N-methyl/N-ethyl adjacent to an activating group) is 2. The van der Waals surface area contributed by atoms with E-state index >= 15 is 0 Å². The largest absolute Gasteiger partial charge is 0.358 e. The van der Waals surface area contributed by atoms with E-state index < -0.39 is 11.7 Å². The molecule has 142 valence electrons. The van der Waals surface area contributed by atoms with Crippen molar-refractivity contribution >= 4 is 23.4 Å². The second-order valence-electron chi connectivity index (χ2n) is 5.96. The second-order valence-corrected chi connectivity index (χ2v) is 5.96. The van der Waals surface area contributed by atoms with Crippen LogP contribution in [0.4, 0.5) is 10.1 Å². The molecule has 3 amide bonds. The molecule has 0 aliphatic rings. The Hall–Kier alpha value is -3.22. The summed E-state index contributed by atoms with van der Waals surface area (Å²) in [6, 6.07) is 10.5. The first-order valence-electron chi connectivity index (χ1n) is 8.53. The quantitative estimate of drug-likeness (QED) is 0.819. The summed E-state index contributed by atoms with van der Waals surface area (Å²) in [6.07, 6.45) is 0. The van der Waals surface area contributed by atoms with Crippen LogP contribution in [0.5, 0.6) is 0 Å². The van der Waals surface area contributed by atoms with Gasteiger partial charge in [-0.3, -0.25) is 14.4 Å². The van der Waals surface area contributed by atoms with Gasteiger partial charge in [0, 0.05) is 24.8 Å². The second kappa shape index (κ2) is 8.93. The molecule has 0 heterocycles. The molecule has 2 N–H and O–H groups in total. The Bertz CT molecular complexity index is 867. The first-order valence-corrected chi connectivity index (χ1v) is 8.53. The smallest absolute Gasteiger partial charge is 0.258 e. The molecular weight excluding hydrogens is 349 g/mol. The van der Waals surface area contributed by atoms with Gasteiger partial charge in [-0.2, -0.15) is 0 Å². The van der Waals surface area contributed by atoms with E-state index in [1.165, 1.54) is 36.2 Å². The van der Waals surface area contributed by atoms with Gasteiger partial charge < -0.3 is 15.5 Å². The minimum atomic E-state index is -0.623. The molecular formula is C20H22FN3O3. The molecule has 0 aliphatic carbocycles. The Labute approximate surface area is 157 Å².